The molecule has 0 bridgehead atoms. The van der Waals surface area contributed by atoms with Crippen molar-refractivity contribution in [1.82, 2.24) is 4.90 Å². The summed E-state index contributed by atoms with van der Waals surface area (Å²) in [5.41, 5.74) is -0.483. The van der Waals surface area contributed by atoms with Crippen LogP contribution in [0.5, 0.6) is 5.75 Å². The van der Waals surface area contributed by atoms with E-state index < -0.39 is 29.1 Å². The Morgan fingerprint density at radius 2 is 1.82 bits per heavy atom. The molecule has 0 aliphatic carbocycles. The molecule has 7 heteroatoms. The molecule has 28 heavy (non-hydrogen) atoms. The van der Waals surface area contributed by atoms with Crippen molar-refractivity contribution >= 4 is 17.7 Å². The Balaban J connectivity index is 1.42. The van der Waals surface area contributed by atoms with E-state index in [1.54, 1.807) is 0 Å². The number of nitrogens with zero attached hydrogens (tertiary/aromatic N) is 1. The van der Waals surface area contributed by atoms with Gasteiger partial charge in [-0.3, -0.25) is 9.59 Å². The van der Waals surface area contributed by atoms with Crippen LogP contribution in [0.2, 0.25) is 0 Å². The minimum absolute atomic E-state index is 0.0553. The summed E-state index contributed by atoms with van der Waals surface area (Å²) in [5.74, 6) is -1.84. The third-order valence-electron chi connectivity index (χ3n) is 5.15. The second-order valence-electron chi connectivity index (χ2n) is 6.92. The van der Waals surface area contributed by atoms with Crippen molar-refractivity contribution in [2.24, 2.45) is 0 Å². The van der Waals surface area contributed by atoms with Crippen LogP contribution in [0.3, 0.4) is 0 Å². The molecule has 0 saturated carbocycles. The minimum atomic E-state index is -1.31. The molecule has 4 rings (SSSR count). The number of benzene rings is 2. The van der Waals surface area contributed by atoms with Gasteiger partial charge < -0.3 is 14.4 Å². The number of hydrogen-bond donors (Lipinski definition) is 0. The number of fused-ring (bicyclic) bond motifs is 1. The molecule has 2 aromatic carbocycles. The highest BCUT2D eigenvalue weighted by molar-refractivity contribution is 6.47. The zero-order valence-corrected chi connectivity index (χ0v) is 15.0. The third kappa shape index (κ3) is 3.24. The summed E-state index contributed by atoms with van der Waals surface area (Å²) in [7, 11) is 0. The highest BCUT2D eigenvalue weighted by atomic mass is 19.1. The van der Waals surface area contributed by atoms with Crippen LogP contribution in [0.1, 0.15) is 28.8 Å². The standard InChI is InChI=1S/C21H18FNO5/c22-15-6-7-17-16(12-15)18(24)19(25)21(28-17)8-10-23(11-9-21)20(26)27-13-14-4-2-1-3-5-14/h1-7,12H,8-11,13H2. The van der Waals surface area contributed by atoms with Gasteiger partial charge in [0.15, 0.2) is 5.60 Å². The maximum atomic E-state index is 13.4. The average Bonchev–Trinajstić information content (AvgIpc) is 2.72. The number of ketones is 2. The molecule has 2 aliphatic heterocycles. The molecule has 2 aliphatic rings. The average molecular weight is 383 g/mol. The Labute approximate surface area is 160 Å². The molecule has 0 aromatic heterocycles. The van der Waals surface area contributed by atoms with Crippen LogP contribution in [0.4, 0.5) is 9.18 Å². The molecule has 6 nitrogen and oxygen atoms in total. The lowest BCUT2D eigenvalue weighted by atomic mass is 9.81. The summed E-state index contributed by atoms with van der Waals surface area (Å²) in [5, 5.41) is 0. The molecule has 1 spiro atoms. The van der Waals surface area contributed by atoms with Gasteiger partial charge in [-0.1, -0.05) is 30.3 Å². The van der Waals surface area contributed by atoms with Gasteiger partial charge in [-0.15, -0.1) is 0 Å². The lowest BCUT2D eigenvalue weighted by molar-refractivity contribution is -0.135. The molecule has 2 aromatic rings. The van der Waals surface area contributed by atoms with E-state index in [0.717, 1.165) is 11.6 Å². The SMILES string of the molecule is O=C1C(=O)C2(CCN(C(=O)OCc3ccccc3)CC2)Oc2ccc(F)cc21. The van der Waals surface area contributed by atoms with Gasteiger partial charge in [0.1, 0.15) is 18.2 Å². The zero-order valence-electron chi connectivity index (χ0n) is 15.0. The summed E-state index contributed by atoms with van der Waals surface area (Å²) in [6, 6.07) is 12.9. The van der Waals surface area contributed by atoms with Crippen LogP contribution in [0.25, 0.3) is 0 Å². The van der Waals surface area contributed by atoms with Crippen LogP contribution in [0.15, 0.2) is 48.5 Å². The fourth-order valence-electron chi connectivity index (χ4n) is 3.54. The Morgan fingerprint density at radius 1 is 1.11 bits per heavy atom. The molecule has 0 atom stereocenters. The van der Waals surface area contributed by atoms with Crippen LogP contribution in [-0.2, 0) is 16.1 Å². The first-order valence-electron chi connectivity index (χ1n) is 9.02. The molecule has 1 fully saturated rings. The van der Waals surface area contributed by atoms with Gasteiger partial charge in [-0.25, -0.2) is 9.18 Å². The van der Waals surface area contributed by atoms with E-state index in [0.29, 0.717) is 0 Å². The van der Waals surface area contributed by atoms with E-state index in [4.69, 9.17) is 9.47 Å². The minimum Gasteiger partial charge on any atom is -0.478 e. The molecule has 0 unspecified atom stereocenters. The topological polar surface area (TPSA) is 72.9 Å². The van der Waals surface area contributed by atoms with Crippen LogP contribution < -0.4 is 4.74 Å². The Hall–Kier alpha value is -3.22. The predicted molar refractivity (Wildman–Crippen MR) is 96.5 cm³/mol. The lowest BCUT2D eigenvalue weighted by Crippen LogP contribution is -2.58. The summed E-state index contributed by atoms with van der Waals surface area (Å²) in [4.78, 5) is 38.8. The van der Waals surface area contributed by atoms with E-state index in [2.05, 4.69) is 0 Å². The largest absolute Gasteiger partial charge is 0.478 e. The van der Waals surface area contributed by atoms with Crippen LogP contribution in [-0.4, -0.2) is 41.3 Å². The fourth-order valence-corrected chi connectivity index (χ4v) is 3.54. The van der Waals surface area contributed by atoms with E-state index in [1.807, 2.05) is 30.3 Å². The quantitative estimate of drug-likeness (QED) is 0.745. The number of halogens is 1. The number of rotatable bonds is 2. The van der Waals surface area contributed by atoms with Gasteiger partial charge in [-0.2, -0.15) is 0 Å². The molecule has 144 valence electrons. The third-order valence-corrected chi connectivity index (χ3v) is 5.15. The number of Topliss-reactive ketones (excluding diaryl/α,β-unsaturated/α-hetero) is 2. The highest BCUT2D eigenvalue weighted by Crippen LogP contribution is 2.37. The second kappa shape index (κ2) is 7.07. The van der Waals surface area contributed by atoms with Crippen LogP contribution in [0, 0.1) is 5.82 Å². The van der Waals surface area contributed by atoms with Crippen molar-refractivity contribution in [2.75, 3.05) is 13.1 Å². The number of carbonyl (C=O) groups excluding carboxylic acids is 3. The summed E-state index contributed by atoms with van der Waals surface area (Å²) in [6.07, 6.45) is -0.125. The smallest absolute Gasteiger partial charge is 0.410 e. The van der Waals surface area contributed by atoms with Gasteiger partial charge in [0, 0.05) is 25.9 Å². The molecular weight excluding hydrogens is 365 g/mol. The van der Waals surface area contributed by atoms with Crippen molar-refractivity contribution in [2.45, 2.75) is 25.0 Å². The van der Waals surface area contributed by atoms with Gasteiger partial charge in [0.2, 0.25) is 11.6 Å². The Morgan fingerprint density at radius 3 is 2.54 bits per heavy atom. The number of hydrogen-bond acceptors (Lipinski definition) is 5. The van der Waals surface area contributed by atoms with Gasteiger partial charge in [0.25, 0.3) is 0 Å². The number of carbonyl (C=O) groups is 3. The van der Waals surface area contributed by atoms with Crippen molar-refractivity contribution in [1.29, 1.82) is 0 Å². The van der Waals surface area contributed by atoms with E-state index in [-0.39, 0.29) is 43.9 Å². The first-order valence-corrected chi connectivity index (χ1v) is 9.02. The van der Waals surface area contributed by atoms with Gasteiger partial charge in [0.05, 0.1) is 5.56 Å². The molecule has 1 saturated heterocycles. The predicted octanol–water partition coefficient (Wildman–Crippen LogP) is 3.14. The van der Waals surface area contributed by atoms with Crippen LogP contribution >= 0.6 is 0 Å². The van der Waals surface area contributed by atoms with Crippen molar-refractivity contribution in [3.8, 4) is 5.75 Å². The molecule has 1 amide bonds. The summed E-state index contributed by atoms with van der Waals surface area (Å²) >= 11 is 0. The Bertz CT molecular complexity index is 935. The van der Waals surface area contributed by atoms with Crippen molar-refractivity contribution in [3.05, 3.63) is 65.5 Å². The number of likely N-dealkylation sites (tertiary alicyclic amines) is 1. The maximum Gasteiger partial charge on any atom is 0.410 e. The monoisotopic (exact) mass is 383 g/mol. The zero-order chi connectivity index (χ0) is 19.7. The Kier molecular flexibility index (Phi) is 4.58. The fraction of sp³-hybridized carbons (Fsp3) is 0.286. The molecular formula is C21H18FNO5. The van der Waals surface area contributed by atoms with E-state index >= 15 is 0 Å². The van der Waals surface area contributed by atoms with E-state index in [9.17, 15) is 18.8 Å². The molecule has 2 heterocycles. The summed E-state index contributed by atoms with van der Waals surface area (Å²) in [6.45, 7) is 0.612. The normalized spacial score (nSPS) is 17.8. The van der Waals surface area contributed by atoms with Gasteiger partial charge in [-0.05, 0) is 23.8 Å². The first kappa shape index (κ1) is 18.2. The second-order valence-corrected chi connectivity index (χ2v) is 6.92. The lowest BCUT2D eigenvalue weighted by Gasteiger charge is -2.42. The van der Waals surface area contributed by atoms with E-state index in [1.165, 1.54) is 17.0 Å². The number of piperidine rings is 1. The number of ether oxygens (including phenoxy) is 2. The van der Waals surface area contributed by atoms with Crippen molar-refractivity contribution < 1.29 is 28.2 Å². The number of amides is 1. The molecule has 0 radical (unpaired) electrons. The first-order chi connectivity index (χ1) is 13.5. The maximum absolute atomic E-state index is 13.4. The van der Waals surface area contributed by atoms with Crippen molar-refractivity contribution in [3.63, 3.8) is 0 Å². The van der Waals surface area contributed by atoms with Gasteiger partial charge >= 0.3 is 6.09 Å². The molecule has 0 N–H and O–H groups in total. The summed E-state index contributed by atoms with van der Waals surface area (Å²) < 4.78 is 24.5. The highest BCUT2D eigenvalue weighted by Gasteiger charge is 2.51.